The molecule has 1 aromatic rings. The molecule has 0 saturated carbocycles. The normalized spacial score (nSPS) is 20.6. The summed E-state index contributed by atoms with van der Waals surface area (Å²) in [6, 6.07) is 0. The van der Waals surface area contributed by atoms with E-state index in [1.165, 1.54) is 12.4 Å². The molecule has 1 atom stereocenters. The summed E-state index contributed by atoms with van der Waals surface area (Å²) in [7, 11) is 0. The summed E-state index contributed by atoms with van der Waals surface area (Å²) in [4.78, 5) is 20.8. The van der Waals surface area contributed by atoms with Crippen molar-refractivity contribution in [2.45, 2.75) is 13.3 Å². The lowest BCUT2D eigenvalue weighted by Gasteiger charge is -2.14. The zero-order chi connectivity index (χ0) is 10.8. The molecule has 1 aromatic heterocycles. The third-order valence-corrected chi connectivity index (χ3v) is 2.59. The van der Waals surface area contributed by atoms with Crippen molar-refractivity contribution in [3.63, 3.8) is 0 Å². The van der Waals surface area contributed by atoms with Crippen LogP contribution < -0.4 is 4.90 Å². The largest absolute Gasteiger partial charge is 0.478 e. The van der Waals surface area contributed by atoms with Gasteiger partial charge in [-0.1, -0.05) is 6.92 Å². The molecule has 2 heterocycles. The number of carboxylic acids is 1. The number of rotatable bonds is 2. The average Bonchev–Trinajstić information content (AvgIpc) is 2.65. The fourth-order valence-electron chi connectivity index (χ4n) is 1.71. The summed E-state index contributed by atoms with van der Waals surface area (Å²) >= 11 is 0. The highest BCUT2D eigenvalue weighted by Crippen LogP contribution is 2.19. The highest BCUT2D eigenvalue weighted by atomic mass is 16.4. The first-order valence-corrected chi connectivity index (χ1v) is 4.97. The molecule has 1 fully saturated rings. The van der Waals surface area contributed by atoms with E-state index in [2.05, 4.69) is 21.8 Å². The van der Waals surface area contributed by atoms with Gasteiger partial charge in [0.15, 0.2) is 0 Å². The fraction of sp³-hybridized carbons (Fsp3) is 0.500. The SMILES string of the molecule is CC1CCN(c2ncc(C(=O)O)cn2)C1. The van der Waals surface area contributed by atoms with Crippen molar-refractivity contribution in [3.05, 3.63) is 18.0 Å². The summed E-state index contributed by atoms with van der Waals surface area (Å²) in [6.45, 7) is 4.09. The van der Waals surface area contributed by atoms with Gasteiger partial charge in [0.1, 0.15) is 0 Å². The van der Waals surface area contributed by atoms with E-state index in [9.17, 15) is 4.79 Å². The van der Waals surface area contributed by atoms with Crippen LogP contribution in [0.4, 0.5) is 5.95 Å². The minimum atomic E-state index is -0.990. The van der Waals surface area contributed by atoms with Gasteiger partial charge in [0, 0.05) is 25.5 Å². The molecule has 0 aliphatic carbocycles. The Morgan fingerprint density at radius 2 is 2.20 bits per heavy atom. The number of aromatic nitrogens is 2. The molecule has 80 valence electrons. The van der Waals surface area contributed by atoms with Gasteiger partial charge in [-0.15, -0.1) is 0 Å². The van der Waals surface area contributed by atoms with Gasteiger partial charge >= 0.3 is 5.97 Å². The van der Waals surface area contributed by atoms with Gasteiger partial charge in [0.2, 0.25) is 5.95 Å². The molecule has 0 aromatic carbocycles. The van der Waals surface area contributed by atoms with E-state index in [0.717, 1.165) is 19.5 Å². The first kappa shape index (κ1) is 9.89. The van der Waals surface area contributed by atoms with Crippen LogP contribution in [0.5, 0.6) is 0 Å². The number of carbonyl (C=O) groups is 1. The lowest BCUT2D eigenvalue weighted by atomic mass is 10.2. The molecular weight excluding hydrogens is 194 g/mol. The van der Waals surface area contributed by atoms with Crippen molar-refractivity contribution in [3.8, 4) is 0 Å². The maximum absolute atomic E-state index is 10.6. The smallest absolute Gasteiger partial charge is 0.338 e. The number of carboxylic acid groups (broad SMARTS) is 1. The maximum atomic E-state index is 10.6. The Hall–Kier alpha value is -1.65. The molecule has 0 amide bonds. The first-order valence-electron chi connectivity index (χ1n) is 4.97. The van der Waals surface area contributed by atoms with E-state index >= 15 is 0 Å². The molecule has 1 N–H and O–H groups in total. The van der Waals surface area contributed by atoms with Crippen LogP contribution in [0.2, 0.25) is 0 Å². The van der Waals surface area contributed by atoms with Crippen molar-refractivity contribution in [2.24, 2.45) is 5.92 Å². The Labute approximate surface area is 87.8 Å². The molecule has 1 unspecified atom stereocenters. The summed E-state index contributed by atoms with van der Waals surface area (Å²) in [5.74, 6) is 0.299. The van der Waals surface area contributed by atoms with Crippen LogP contribution in [0.1, 0.15) is 23.7 Å². The third-order valence-electron chi connectivity index (χ3n) is 2.59. The van der Waals surface area contributed by atoms with Gasteiger partial charge in [-0.25, -0.2) is 14.8 Å². The van der Waals surface area contributed by atoms with Crippen LogP contribution in [0.15, 0.2) is 12.4 Å². The van der Waals surface area contributed by atoms with Crippen LogP contribution in [-0.2, 0) is 0 Å². The predicted molar refractivity (Wildman–Crippen MR) is 55.0 cm³/mol. The topological polar surface area (TPSA) is 66.3 Å². The molecule has 0 radical (unpaired) electrons. The van der Waals surface area contributed by atoms with Gasteiger partial charge in [-0.2, -0.15) is 0 Å². The molecule has 5 nitrogen and oxygen atoms in total. The monoisotopic (exact) mass is 207 g/mol. The Bertz CT molecular complexity index is 363. The second kappa shape index (κ2) is 3.84. The Morgan fingerprint density at radius 1 is 1.53 bits per heavy atom. The molecule has 1 saturated heterocycles. The second-order valence-corrected chi connectivity index (χ2v) is 3.92. The average molecular weight is 207 g/mol. The van der Waals surface area contributed by atoms with Crippen LogP contribution in [0.3, 0.4) is 0 Å². The lowest BCUT2D eigenvalue weighted by molar-refractivity contribution is 0.0696. The zero-order valence-electron chi connectivity index (χ0n) is 8.55. The van der Waals surface area contributed by atoms with Crippen LogP contribution in [-0.4, -0.2) is 34.1 Å². The molecule has 1 aliphatic rings. The molecule has 1 aliphatic heterocycles. The Balaban J connectivity index is 2.13. The number of hydrogen-bond donors (Lipinski definition) is 1. The number of hydrogen-bond acceptors (Lipinski definition) is 4. The van der Waals surface area contributed by atoms with Gasteiger partial charge in [0.25, 0.3) is 0 Å². The summed E-state index contributed by atoms with van der Waals surface area (Å²) in [5, 5.41) is 8.69. The molecule has 0 spiro atoms. The minimum absolute atomic E-state index is 0.131. The summed E-state index contributed by atoms with van der Waals surface area (Å²) < 4.78 is 0. The van der Waals surface area contributed by atoms with Gasteiger partial charge in [0.05, 0.1) is 5.56 Å². The molecule has 2 rings (SSSR count). The van der Waals surface area contributed by atoms with E-state index in [-0.39, 0.29) is 5.56 Å². The molecule has 0 bridgehead atoms. The number of nitrogens with zero attached hydrogens (tertiary/aromatic N) is 3. The standard InChI is InChI=1S/C10H13N3O2/c1-7-2-3-13(6-7)10-11-4-8(5-12-10)9(14)15/h4-5,7H,2-3,6H2,1H3,(H,14,15). The zero-order valence-corrected chi connectivity index (χ0v) is 8.55. The van der Waals surface area contributed by atoms with E-state index < -0.39 is 5.97 Å². The van der Waals surface area contributed by atoms with Crippen LogP contribution in [0, 0.1) is 5.92 Å². The van der Waals surface area contributed by atoms with E-state index in [0.29, 0.717) is 11.9 Å². The lowest BCUT2D eigenvalue weighted by Crippen LogP contribution is -2.21. The molecule has 15 heavy (non-hydrogen) atoms. The Kier molecular flexibility index (Phi) is 2.53. The quantitative estimate of drug-likeness (QED) is 0.784. The van der Waals surface area contributed by atoms with Crippen molar-refractivity contribution < 1.29 is 9.90 Å². The number of anilines is 1. The summed E-state index contributed by atoms with van der Waals surface area (Å²) in [6.07, 6.45) is 3.85. The minimum Gasteiger partial charge on any atom is -0.478 e. The van der Waals surface area contributed by atoms with Gasteiger partial charge < -0.3 is 10.0 Å². The van der Waals surface area contributed by atoms with Crippen molar-refractivity contribution >= 4 is 11.9 Å². The third kappa shape index (κ3) is 2.06. The van der Waals surface area contributed by atoms with Gasteiger partial charge in [-0.05, 0) is 12.3 Å². The predicted octanol–water partition coefficient (Wildman–Crippen LogP) is 1.02. The highest BCUT2D eigenvalue weighted by molar-refractivity contribution is 5.86. The summed E-state index contributed by atoms with van der Waals surface area (Å²) in [5.41, 5.74) is 0.131. The van der Waals surface area contributed by atoms with Crippen molar-refractivity contribution in [2.75, 3.05) is 18.0 Å². The van der Waals surface area contributed by atoms with E-state index in [4.69, 9.17) is 5.11 Å². The second-order valence-electron chi connectivity index (χ2n) is 3.92. The molecule has 5 heteroatoms. The molecular formula is C10H13N3O2. The maximum Gasteiger partial charge on any atom is 0.338 e. The van der Waals surface area contributed by atoms with E-state index in [1.54, 1.807) is 0 Å². The van der Waals surface area contributed by atoms with Crippen LogP contribution >= 0.6 is 0 Å². The van der Waals surface area contributed by atoms with E-state index in [1.807, 2.05) is 0 Å². The number of aromatic carboxylic acids is 1. The van der Waals surface area contributed by atoms with Gasteiger partial charge in [-0.3, -0.25) is 0 Å². The Morgan fingerprint density at radius 3 is 2.67 bits per heavy atom. The first-order chi connectivity index (χ1) is 7.16. The highest BCUT2D eigenvalue weighted by Gasteiger charge is 2.20. The fourth-order valence-corrected chi connectivity index (χ4v) is 1.71. The van der Waals surface area contributed by atoms with Crippen molar-refractivity contribution in [1.29, 1.82) is 0 Å². The van der Waals surface area contributed by atoms with Crippen LogP contribution in [0.25, 0.3) is 0 Å². The van der Waals surface area contributed by atoms with Crippen molar-refractivity contribution in [1.82, 2.24) is 9.97 Å².